The molecule has 28 heavy (non-hydrogen) atoms. The number of thiophene rings is 1. The zero-order valence-corrected chi connectivity index (χ0v) is 17.2. The molecule has 5 heteroatoms. The van der Waals surface area contributed by atoms with Crippen LogP contribution in [0, 0.1) is 6.92 Å². The van der Waals surface area contributed by atoms with E-state index in [-0.39, 0.29) is 11.9 Å². The van der Waals surface area contributed by atoms with E-state index in [1.165, 1.54) is 18.2 Å². The largest absolute Gasteiger partial charge is 0.496 e. The summed E-state index contributed by atoms with van der Waals surface area (Å²) >= 11 is 1.57. The van der Waals surface area contributed by atoms with Crippen LogP contribution in [0.1, 0.15) is 39.7 Å². The molecule has 1 atom stereocenters. The lowest BCUT2D eigenvalue weighted by molar-refractivity contribution is 0.0941. The highest BCUT2D eigenvalue weighted by Gasteiger charge is 2.27. The Labute approximate surface area is 170 Å². The SMILES string of the molecule is COc1ccccc1C(CNC(=O)c1sc2ccccc2c1C)N1CCCC1. The van der Waals surface area contributed by atoms with Crippen molar-refractivity contribution in [3.8, 4) is 5.75 Å². The number of amides is 1. The molecule has 3 aromatic rings. The minimum Gasteiger partial charge on any atom is -0.496 e. The fraction of sp³-hybridized carbons (Fsp3) is 0.348. The number of aryl methyl sites for hydroxylation is 1. The van der Waals surface area contributed by atoms with Gasteiger partial charge in [0.05, 0.1) is 18.0 Å². The normalized spacial score (nSPS) is 15.6. The monoisotopic (exact) mass is 394 g/mol. The van der Waals surface area contributed by atoms with Gasteiger partial charge in [-0.3, -0.25) is 9.69 Å². The van der Waals surface area contributed by atoms with E-state index in [0.717, 1.165) is 39.5 Å². The first-order chi connectivity index (χ1) is 13.7. The van der Waals surface area contributed by atoms with Gasteiger partial charge in [0.2, 0.25) is 0 Å². The number of hydrogen-bond donors (Lipinski definition) is 1. The Bertz CT molecular complexity index is 976. The topological polar surface area (TPSA) is 41.6 Å². The first kappa shape index (κ1) is 19.0. The van der Waals surface area contributed by atoms with Gasteiger partial charge in [-0.2, -0.15) is 0 Å². The maximum absolute atomic E-state index is 13.0. The number of ether oxygens (including phenoxy) is 1. The summed E-state index contributed by atoms with van der Waals surface area (Å²) in [6.45, 7) is 4.72. The quantitative estimate of drug-likeness (QED) is 0.654. The molecule has 0 bridgehead atoms. The van der Waals surface area contributed by atoms with E-state index in [9.17, 15) is 4.79 Å². The van der Waals surface area contributed by atoms with Crippen LogP contribution in [0.3, 0.4) is 0 Å². The summed E-state index contributed by atoms with van der Waals surface area (Å²) in [5.41, 5.74) is 2.20. The van der Waals surface area contributed by atoms with E-state index in [0.29, 0.717) is 6.54 Å². The van der Waals surface area contributed by atoms with Gasteiger partial charge >= 0.3 is 0 Å². The molecule has 1 saturated heterocycles. The molecule has 1 amide bonds. The van der Waals surface area contributed by atoms with Crippen LogP contribution in [0.5, 0.6) is 5.75 Å². The Balaban J connectivity index is 1.57. The zero-order chi connectivity index (χ0) is 19.5. The van der Waals surface area contributed by atoms with E-state index >= 15 is 0 Å². The van der Waals surface area contributed by atoms with Crippen LogP contribution in [0.25, 0.3) is 10.1 Å². The third-order valence-electron chi connectivity index (χ3n) is 5.59. The number of fused-ring (bicyclic) bond motifs is 1. The van der Waals surface area contributed by atoms with Gasteiger partial charge in [0, 0.05) is 16.8 Å². The van der Waals surface area contributed by atoms with Gasteiger partial charge in [0.25, 0.3) is 5.91 Å². The second-order valence-corrected chi connectivity index (χ2v) is 8.32. The van der Waals surface area contributed by atoms with Gasteiger partial charge in [0.15, 0.2) is 0 Å². The molecule has 0 spiro atoms. The van der Waals surface area contributed by atoms with E-state index < -0.39 is 0 Å². The van der Waals surface area contributed by atoms with Crippen molar-refractivity contribution in [3.63, 3.8) is 0 Å². The second-order valence-electron chi connectivity index (χ2n) is 7.26. The van der Waals surface area contributed by atoms with Gasteiger partial charge < -0.3 is 10.1 Å². The number of para-hydroxylation sites is 1. The molecule has 1 unspecified atom stereocenters. The average Bonchev–Trinajstić information content (AvgIpc) is 3.37. The summed E-state index contributed by atoms with van der Waals surface area (Å²) in [6, 6.07) is 16.5. The molecule has 1 fully saturated rings. The molecule has 1 aromatic heterocycles. The standard InChI is InChI=1S/C23H26N2O2S/c1-16-17-9-4-6-12-21(17)28-22(16)23(26)24-15-19(25-13-7-8-14-25)18-10-3-5-11-20(18)27-2/h3-6,9-12,19H,7-8,13-15H2,1-2H3,(H,24,26). The summed E-state index contributed by atoms with van der Waals surface area (Å²) in [7, 11) is 1.71. The maximum atomic E-state index is 13.0. The summed E-state index contributed by atoms with van der Waals surface area (Å²) in [4.78, 5) is 16.3. The first-order valence-corrected chi connectivity index (χ1v) is 10.6. The number of carbonyl (C=O) groups excluding carboxylic acids is 1. The molecule has 1 aliphatic rings. The van der Waals surface area contributed by atoms with Crippen LogP contribution >= 0.6 is 11.3 Å². The van der Waals surface area contributed by atoms with E-state index in [1.54, 1.807) is 18.4 Å². The van der Waals surface area contributed by atoms with Crippen molar-refractivity contribution in [3.05, 3.63) is 64.5 Å². The van der Waals surface area contributed by atoms with Crippen LogP contribution in [0.2, 0.25) is 0 Å². The molecule has 1 aliphatic heterocycles. The molecule has 0 radical (unpaired) electrons. The highest BCUT2D eigenvalue weighted by molar-refractivity contribution is 7.21. The predicted octanol–water partition coefficient (Wildman–Crippen LogP) is 4.79. The summed E-state index contributed by atoms with van der Waals surface area (Å²) < 4.78 is 6.76. The fourth-order valence-electron chi connectivity index (χ4n) is 4.09. The minimum absolute atomic E-state index is 0.0118. The lowest BCUT2D eigenvalue weighted by Crippen LogP contribution is -2.37. The summed E-state index contributed by atoms with van der Waals surface area (Å²) in [5.74, 6) is 0.893. The number of hydrogen-bond acceptors (Lipinski definition) is 4. The molecule has 0 saturated carbocycles. The molecule has 146 valence electrons. The molecule has 2 heterocycles. The average molecular weight is 395 g/mol. The summed E-state index contributed by atoms with van der Waals surface area (Å²) in [5, 5.41) is 4.37. The number of nitrogens with one attached hydrogen (secondary N) is 1. The third kappa shape index (κ3) is 3.64. The van der Waals surface area contributed by atoms with Crippen molar-refractivity contribution in [1.82, 2.24) is 10.2 Å². The van der Waals surface area contributed by atoms with Crippen molar-refractivity contribution >= 4 is 27.3 Å². The molecule has 1 N–H and O–H groups in total. The van der Waals surface area contributed by atoms with Crippen molar-refractivity contribution < 1.29 is 9.53 Å². The molecule has 2 aromatic carbocycles. The van der Waals surface area contributed by atoms with Gasteiger partial charge in [0.1, 0.15) is 5.75 Å². The number of rotatable bonds is 6. The van der Waals surface area contributed by atoms with E-state index in [1.807, 2.05) is 37.3 Å². The van der Waals surface area contributed by atoms with E-state index in [4.69, 9.17) is 4.74 Å². The van der Waals surface area contributed by atoms with Crippen LogP contribution < -0.4 is 10.1 Å². The Morgan fingerprint density at radius 3 is 2.61 bits per heavy atom. The van der Waals surface area contributed by atoms with Crippen molar-refractivity contribution in [1.29, 1.82) is 0 Å². The lowest BCUT2D eigenvalue weighted by Gasteiger charge is -2.29. The van der Waals surface area contributed by atoms with Crippen molar-refractivity contribution in [2.45, 2.75) is 25.8 Å². The Morgan fingerprint density at radius 1 is 1.14 bits per heavy atom. The number of benzene rings is 2. The maximum Gasteiger partial charge on any atom is 0.261 e. The number of nitrogens with zero attached hydrogens (tertiary/aromatic N) is 1. The van der Waals surface area contributed by atoms with Gasteiger partial charge in [-0.25, -0.2) is 0 Å². The highest BCUT2D eigenvalue weighted by Crippen LogP contribution is 2.33. The van der Waals surface area contributed by atoms with Gasteiger partial charge in [-0.1, -0.05) is 36.4 Å². The first-order valence-electron chi connectivity index (χ1n) is 9.82. The smallest absolute Gasteiger partial charge is 0.261 e. The zero-order valence-electron chi connectivity index (χ0n) is 16.4. The van der Waals surface area contributed by atoms with Gasteiger partial charge in [-0.05, 0) is 55.9 Å². The Morgan fingerprint density at radius 2 is 1.86 bits per heavy atom. The highest BCUT2D eigenvalue weighted by atomic mass is 32.1. The van der Waals surface area contributed by atoms with Crippen LogP contribution in [0.4, 0.5) is 0 Å². The number of carbonyl (C=O) groups is 1. The van der Waals surface area contributed by atoms with Crippen molar-refractivity contribution in [2.75, 3.05) is 26.7 Å². The van der Waals surface area contributed by atoms with Crippen LogP contribution in [-0.2, 0) is 0 Å². The molecule has 4 nitrogen and oxygen atoms in total. The summed E-state index contributed by atoms with van der Waals surface area (Å²) in [6.07, 6.45) is 2.41. The number of methoxy groups -OCH3 is 1. The molecule has 0 aliphatic carbocycles. The Hall–Kier alpha value is -2.37. The van der Waals surface area contributed by atoms with E-state index in [2.05, 4.69) is 28.4 Å². The Kier molecular flexibility index (Phi) is 5.64. The molecular formula is C23H26N2O2S. The van der Waals surface area contributed by atoms with Gasteiger partial charge in [-0.15, -0.1) is 11.3 Å². The van der Waals surface area contributed by atoms with Crippen LogP contribution in [0.15, 0.2) is 48.5 Å². The second kappa shape index (κ2) is 8.33. The fourth-order valence-corrected chi connectivity index (χ4v) is 5.22. The lowest BCUT2D eigenvalue weighted by atomic mass is 10.0. The third-order valence-corrected chi connectivity index (χ3v) is 6.86. The predicted molar refractivity (Wildman–Crippen MR) is 115 cm³/mol. The van der Waals surface area contributed by atoms with Crippen LogP contribution in [-0.4, -0.2) is 37.6 Å². The number of likely N-dealkylation sites (tertiary alicyclic amines) is 1. The minimum atomic E-state index is 0.0118. The molecular weight excluding hydrogens is 368 g/mol. The molecule has 4 rings (SSSR count). The van der Waals surface area contributed by atoms with Crippen molar-refractivity contribution in [2.24, 2.45) is 0 Å².